The van der Waals surface area contributed by atoms with Gasteiger partial charge in [-0.15, -0.1) is 0 Å². The van der Waals surface area contributed by atoms with E-state index in [1.807, 2.05) is 56.3 Å². The van der Waals surface area contributed by atoms with Gasteiger partial charge in [-0.2, -0.15) is 0 Å². The van der Waals surface area contributed by atoms with Crippen LogP contribution >= 0.6 is 0 Å². The van der Waals surface area contributed by atoms with Gasteiger partial charge in [-0.25, -0.2) is 0 Å². The number of hydrogen-bond acceptors (Lipinski definition) is 5. The van der Waals surface area contributed by atoms with Crippen LogP contribution in [0.3, 0.4) is 0 Å². The molecule has 232 valence electrons. The molecule has 0 radical (unpaired) electrons. The SMILES string of the molecule is CC(C)[C@@H]1NC(=O)[C@H]2CCCN2C(=O)[C@H](C)NC(=O)CN(C(=O)c2cccc3cc[nH]c23)C[C@H](Cc2ccccc2)NC1=O. The highest BCUT2D eigenvalue weighted by atomic mass is 16.2. The molecule has 3 aromatic rings. The Hall–Kier alpha value is -4.67. The largest absolute Gasteiger partial charge is 0.361 e. The summed E-state index contributed by atoms with van der Waals surface area (Å²) in [6.07, 6.45) is 3.23. The van der Waals surface area contributed by atoms with E-state index in [2.05, 4.69) is 20.9 Å². The van der Waals surface area contributed by atoms with Crippen molar-refractivity contribution in [1.29, 1.82) is 0 Å². The molecule has 1 aromatic heterocycles. The standard InChI is InChI=1S/C33H40N6O5/c1-20(2)28-31(42)36-24(17-22-9-5-4-6-10-22)18-38(33(44)25-12-7-11-23-14-15-34-29(23)25)19-27(40)35-21(3)32(43)39-16-8-13-26(39)30(41)37-28/h4-7,9-12,14-15,20-21,24,26,28,34H,8,13,16-19H2,1-3H3,(H,35,40)(H,36,42)(H,37,41)/t21-,24-,26+,28-/m0/s1. The number of fused-ring (bicyclic) bond motifs is 2. The molecule has 2 aromatic carbocycles. The number of benzene rings is 2. The monoisotopic (exact) mass is 600 g/mol. The number of carbonyl (C=O) groups excluding carboxylic acids is 5. The number of carbonyl (C=O) groups is 5. The van der Waals surface area contributed by atoms with Crippen molar-refractivity contribution in [3.8, 4) is 0 Å². The summed E-state index contributed by atoms with van der Waals surface area (Å²) in [6, 6.07) is 13.7. The molecule has 0 spiro atoms. The molecule has 2 fully saturated rings. The van der Waals surface area contributed by atoms with E-state index in [1.54, 1.807) is 25.3 Å². The molecule has 5 amide bonds. The molecule has 2 aliphatic rings. The van der Waals surface area contributed by atoms with Crippen LogP contribution in [0.5, 0.6) is 0 Å². The second-order valence-electron chi connectivity index (χ2n) is 12.0. The number of rotatable bonds is 4. The molecule has 0 bridgehead atoms. The van der Waals surface area contributed by atoms with Crippen LogP contribution in [0.4, 0.5) is 0 Å². The minimum atomic E-state index is -0.911. The van der Waals surface area contributed by atoms with Gasteiger partial charge in [0, 0.05) is 24.7 Å². The Morgan fingerprint density at radius 2 is 1.70 bits per heavy atom. The fourth-order valence-corrected chi connectivity index (χ4v) is 6.13. The summed E-state index contributed by atoms with van der Waals surface area (Å²) < 4.78 is 0. The number of H-pyrrole nitrogens is 1. The van der Waals surface area contributed by atoms with Crippen molar-refractivity contribution in [3.05, 3.63) is 71.9 Å². The maximum absolute atomic E-state index is 14.1. The topological polar surface area (TPSA) is 144 Å². The summed E-state index contributed by atoms with van der Waals surface area (Å²) in [6.45, 7) is 5.33. The third-order valence-corrected chi connectivity index (χ3v) is 8.38. The van der Waals surface area contributed by atoms with Gasteiger partial charge in [-0.3, -0.25) is 24.0 Å². The van der Waals surface area contributed by atoms with Gasteiger partial charge in [0.25, 0.3) is 5.91 Å². The highest BCUT2D eigenvalue weighted by Gasteiger charge is 2.39. The number of nitrogens with one attached hydrogen (secondary N) is 4. The first kappa shape index (κ1) is 30.8. The van der Waals surface area contributed by atoms with Crippen molar-refractivity contribution in [1.82, 2.24) is 30.7 Å². The fraction of sp³-hybridized carbons (Fsp3) is 0.424. The van der Waals surface area contributed by atoms with E-state index in [-0.39, 0.29) is 24.9 Å². The predicted molar refractivity (Wildman–Crippen MR) is 165 cm³/mol. The van der Waals surface area contributed by atoms with E-state index in [1.165, 1.54) is 9.80 Å². The number of hydrogen-bond donors (Lipinski definition) is 4. The van der Waals surface area contributed by atoms with E-state index >= 15 is 0 Å². The summed E-state index contributed by atoms with van der Waals surface area (Å²) in [4.78, 5) is 74.2. The third kappa shape index (κ3) is 6.77. The van der Waals surface area contributed by atoms with E-state index in [4.69, 9.17) is 0 Å². The molecule has 0 aliphatic carbocycles. The molecule has 4 atom stereocenters. The van der Waals surface area contributed by atoms with Crippen LogP contribution in [0.2, 0.25) is 0 Å². The van der Waals surface area contributed by atoms with Gasteiger partial charge < -0.3 is 30.7 Å². The molecule has 11 nitrogen and oxygen atoms in total. The van der Waals surface area contributed by atoms with E-state index < -0.39 is 47.8 Å². The average molecular weight is 601 g/mol. The van der Waals surface area contributed by atoms with Gasteiger partial charge in [0.1, 0.15) is 18.1 Å². The Kier molecular flexibility index (Phi) is 9.32. The Bertz CT molecular complexity index is 1540. The molecule has 2 aliphatic heterocycles. The highest BCUT2D eigenvalue weighted by Crippen LogP contribution is 2.21. The minimum absolute atomic E-state index is 0.0137. The van der Waals surface area contributed by atoms with Crippen LogP contribution in [0, 0.1) is 5.92 Å². The van der Waals surface area contributed by atoms with Crippen molar-refractivity contribution in [2.24, 2.45) is 5.92 Å². The normalized spacial score (nSPS) is 23.9. The number of aromatic amines is 1. The number of amides is 5. The van der Waals surface area contributed by atoms with Crippen LogP contribution in [0.15, 0.2) is 60.8 Å². The molecule has 0 unspecified atom stereocenters. The first-order chi connectivity index (χ1) is 21.1. The number of aromatic nitrogens is 1. The van der Waals surface area contributed by atoms with Crippen molar-refractivity contribution < 1.29 is 24.0 Å². The number of nitrogens with zero attached hydrogens (tertiary/aromatic N) is 2. The zero-order chi connectivity index (χ0) is 31.4. The number of para-hydroxylation sites is 1. The van der Waals surface area contributed by atoms with Crippen molar-refractivity contribution in [3.63, 3.8) is 0 Å². The minimum Gasteiger partial charge on any atom is -0.361 e. The van der Waals surface area contributed by atoms with Crippen LogP contribution < -0.4 is 16.0 Å². The molecule has 4 N–H and O–H groups in total. The van der Waals surface area contributed by atoms with Gasteiger partial charge in [0.15, 0.2) is 0 Å². The zero-order valence-corrected chi connectivity index (χ0v) is 25.3. The van der Waals surface area contributed by atoms with Gasteiger partial charge in [-0.1, -0.05) is 56.3 Å². The Labute approximate surface area is 256 Å². The maximum Gasteiger partial charge on any atom is 0.256 e. The molecule has 2 saturated heterocycles. The average Bonchev–Trinajstić information content (AvgIpc) is 3.68. The zero-order valence-electron chi connectivity index (χ0n) is 25.3. The van der Waals surface area contributed by atoms with Crippen molar-refractivity contribution in [2.75, 3.05) is 19.6 Å². The fourth-order valence-electron chi connectivity index (χ4n) is 6.13. The molecule has 11 heteroatoms. The summed E-state index contributed by atoms with van der Waals surface area (Å²) >= 11 is 0. The molecule has 3 heterocycles. The molecular formula is C33H40N6O5. The van der Waals surface area contributed by atoms with E-state index in [9.17, 15) is 24.0 Å². The second-order valence-corrected chi connectivity index (χ2v) is 12.0. The summed E-state index contributed by atoms with van der Waals surface area (Å²) in [5, 5.41) is 9.57. The van der Waals surface area contributed by atoms with Crippen molar-refractivity contribution >= 4 is 40.4 Å². The van der Waals surface area contributed by atoms with Crippen molar-refractivity contribution in [2.45, 2.75) is 64.2 Å². The van der Waals surface area contributed by atoms with Gasteiger partial charge in [0.2, 0.25) is 23.6 Å². The lowest BCUT2D eigenvalue weighted by Gasteiger charge is -2.31. The van der Waals surface area contributed by atoms with E-state index in [0.29, 0.717) is 36.9 Å². The second kappa shape index (κ2) is 13.3. The highest BCUT2D eigenvalue weighted by molar-refractivity contribution is 6.06. The van der Waals surface area contributed by atoms with Crippen LogP contribution in [-0.4, -0.2) is 88.1 Å². The molecular weight excluding hydrogens is 560 g/mol. The van der Waals surface area contributed by atoms with Crippen LogP contribution in [-0.2, 0) is 25.6 Å². The lowest BCUT2D eigenvalue weighted by Crippen LogP contribution is -2.58. The lowest BCUT2D eigenvalue weighted by atomic mass is 10.00. The Morgan fingerprint density at radius 1 is 0.932 bits per heavy atom. The molecule has 44 heavy (non-hydrogen) atoms. The molecule has 0 saturated carbocycles. The first-order valence-corrected chi connectivity index (χ1v) is 15.2. The first-order valence-electron chi connectivity index (χ1n) is 15.2. The van der Waals surface area contributed by atoms with Crippen LogP contribution in [0.25, 0.3) is 10.9 Å². The maximum atomic E-state index is 14.1. The van der Waals surface area contributed by atoms with Crippen LogP contribution in [0.1, 0.15) is 49.5 Å². The lowest BCUT2D eigenvalue weighted by molar-refractivity contribution is -0.142. The smallest absolute Gasteiger partial charge is 0.256 e. The molecule has 5 rings (SSSR count). The summed E-state index contributed by atoms with van der Waals surface area (Å²) in [5.41, 5.74) is 1.97. The summed E-state index contributed by atoms with van der Waals surface area (Å²) in [7, 11) is 0. The van der Waals surface area contributed by atoms with Gasteiger partial charge in [-0.05, 0) is 49.8 Å². The van der Waals surface area contributed by atoms with E-state index in [0.717, 1.165) is 10.9 Å². The summed E-state index contributed by atoms with van der Waals surface area (Å²) in [5.74, 6) is -2.32. The van der Waals surface area contributed by atoms with Gasteiger partial charge in [0.05, 0.1) is 23.7 Å². The Balaban J connectivity index is 1.53. The quantitative estimate of drug-likeness (QED) is 0.362. The third-order valence-electron chi connectivity index (χ3n) is 8.38. The Morgan fingerprint density at radius 3 is 2.45 bits per heavy atom. The predicted octanol–water partition coefficient (Wildman–Crippen LogP) is 1.99. The van der Waals surface area contributed by atoms with Gasteiger partial charge >= 0.3 is 0 Å².